The summed E-state index contributed by atoms with van der Waals surface area (Å²) in [7, 11) is -2.11. The highest BCUT2D eigenvalue weighted by atomic mass is 32.2. The molecule has 0 fully saturated rings. The maximum Gasteiger partial charge on any atom is 0.261 e. The van der Waals surface area contributed by atoms with Crippen LogP contribution in [0, 0.1) is 0 Å². The number of benzene rings is 3. The fourth-order valence-corrected chi connectivity index (χ4v) is 3.66. The average molecular weight is 410 g/mol. The average Bonchev–Trinajstić information content (AvgIpc) is 2.73. The zero-order valence-corrected chi connectivity index (χ0v) is 17.0. The fourth-order valence-electron chi connectivity index (χ4n) is 2.60. The number of nitrogens with one attached hydrogen (secondary N) is 1. The Labute approximate surface area is 170 Å². The van der Waals surface area contributed by atoms with Crippen molar-refractivity contribution in [1.82, 2.24) is 0 Å². The highest BCUT2D eigenvalue weighted by molar-refractivity contribution is 7.92. The van der Waals surface area contributed by atoms with Crippen molar-refractivity contribution in [1.29, 1.82) is 0 Å². The molecule has 0 aliphatic heterocycles. The van der Waals surface area contributed by atoms with E-state index in [9.17, 15) is 13.2 Å². The van der Waals surface area contributed by atoms with Gasteiger partial charge in [-0.15, -0.1) is 0 Å². The molecule has 3 rings (SSSR count). The number of sulfonamides is 1. The molecule has 0 aromatic heterocycles. The van der Waals surface area contributed by atoms with Crippen LogP contribution < -0.4 is 14.4 Å². The summed E-state index contributed by atoms with van der Waals surface area (Å²) in [5, 5.41) is 0. The predicted octanol–water partition coefficient (Wildman–Crippen LogP) is 4.05. The first-order valence-electron chi connectivity index (χ1n) is 8.99. The van der Waals surface area contributed by atoms with Gasteiger partial charge in [-0.1, -0.05) is 30.3 Å². The van der Waals surface area contributed by atoms with Crippen LogP contribution in [0.5, 0.6) is 5.75 Å². The van der Waals surface area contributed by atoms with Crippen molar-refractivity contribution in [3.63, 3.8) is 0 Å². The molecule has 1 amide bonds. The number of carbonyl (C=O) groups excluding carboxylic acids is 1. The van der Waals surface area contributed by atoms with E-state index in [2.05, 4.69) is 4.72 Å². The first kappa shape index (κ1) is 20.4. The second kappa shape index (κ2) is 8.79. The van der Waals surface area contributed by atoms with Crippen LogP contribution in [-0.2, 0) is 21.4 Å². The molecule has 7 heteroatoms. The van der Waals surface area contributed by atoms with Gasteiger partial charge in [0.2, 0.25) is 5.91 Å². The van der Waals surface area contributed by atoms with Crippen LogP contribution in [0.15, 0.2) is 83.8 Å². The second-order valence-corrected chi connectivity index (χ2v) is 8.16. The van der Waals surface area contributed by atoms with E-state index in [0.29, 0.717) is 23.7 Å². The van der Waals surface area contributed by atoms with Gasteiger partial charge in [-0.05, 0) is 54.1 Å². The summed E-state index contributed by atoms with van der Waals surface area (Å²) in [6.07, 6.45) is 0. The number of nitrogens with zero attached hydrogens (tertiary/aromatic N) is 1. The van der Waals surface area contributed by atoms with Crippen molar-refractivity contribution in [2.45, 2.75) is 18.4 Å². The van der Waals surface area contributed by atoms with Gasteiger partial charge in [0.25, 0.3) is 10.0 Å². The molecule has 0 radical (unpaired) electrons. The Hall–Kier alpha value is -3.32. The van der Waals surface area contributed by atoms with E-state index in [-0.39, 0.29) is 10.8 Å². The summed E-state index contributed by atoms with van der Waals surface area (Å²) in [5.74, 6) is 0.515. The van der Waals surface area contributed by atoms with E-state index in [4.69, 9.17) is 4.74 Å². The first-order chi connectivity index (χ1) is 13.8. The molecule has 0 atom stereocenters. The fraction of sp³-hybridized carbons (Fsp3) is 0.136. The van der Waals surface area contributed by atoms with Crippen LogP contribution in [-0.4, -0.2) is 21.4 Å². The van der Waals surface area contributed by atoms with Crippen molar-refractivity contribution in [2.75, 3.05) is 16.7 Å². The predicted molar refractivity (Wildman–Crippen MR) is 114 cm³/mol. The molecule has 29 heavy (non-hydrogen) atoms. The Morgan fingerprint density at radius 3 is 2.14 bits per heavy atom. The third-order valence-electron chi connectivity index (χ3n) is 4.36. The van der Waals surface area contributed by atoms with Crippen molar-refractivity contribution in [3.05, 3.63) is 84.4 Å². The topological polar surface area (TPSA) is 75.7 Å². The number of anilines is 2. The molecule has 0 aliphatic rings. The minimum absolute atomic E-state index is 0.114. The van der Waals surface area contributed by atoms with Gasteiger partial charge >= 0.3 is 0 Å². The lowest BCUT2D eigenvalue weighted by molar-refractivity contribution is -0.116. The van der Waals surface area contributed by atoms with Gasteiger partial charge in [-0.25, -0.2) is 8.42 Å². The Morgan fingerprint density at radius 2 is 1.55 bits per heavy atom. The van der Waals surface area contributed by atoms with Crippen molar-refractivity contribution in [2.24, 2.45) is 0 Å². The minimum Gasteiger partial charge on any atom is -0.489 e. The van der Waals surface area contributed by atoms with E-state index < -0.39 is 10.0 Å². The van der Waals surface area contributed by atoms with Gasteiger partial charge in [0.05, 0.1) is 4.90 Å². The van der Waals surface area contributed by atoms with Gasteiger partial charge in [0, 0.05) is 25.3 Å². The molecular formula is C22H22N2O4S. The highest BCUT2D eigenvalue weighted by Crippen LogP contribution is 2.22. The van der Waals surface area contributed by atoms with Crippen LogP contribution in [0.4, 0.5) is 11.4 Å². The zero-order chi connectivity index (χ0) is 20.9. The number of rotatable bonds is 7. The van der Waals surface area contributed by atoms with E-state index in [1.807, 2.05) is 30.3 Å². The molecule has 0 spiro atoms. The summed E-state index contributed by atoms with van der Waals surface area (Å²) in [6.45, 7) is 1.88. The summed E-state index contributed by atoms with van der Waals surface area (Å²) in [6, 6.07) is 22.6. The number of ether oxygens (including phenoxy) is 1. The minimum atomic E-state index is -3.74. The number of hydrogen-bond acceptors (Lipinski definition) is 4. The molecule has 3 aromatic carbocycles. The van der Waals surface area contributed by atoms with E-state index in [1.54, 1.807) is 43.4 Å². The van der Waals surface area contributed by atoms with Crippen LogP contribution in [0.1, 0.15) is 12.5 Å². The number of amides is 1. The van der Waals surface area contributed by atoms with Crippen molar-refractivity contribution >= 4 is 27.3 Å². The molecule has 0 bridgehead atoms. The SMILES string of the molecule is CC(=O)N(C)c1ccc(S(=O)(=O)Nc2ccc(OCc3ccccc3)cc2)cc1. The van der Waals surface area contributed by atoms with E-state index in [1.165, 1.54) is 24.0 Å². The number of hydrogen-bond donors (Lipinski definition) is 1. The zero-order valence-electron chi connectivity index (χ0n) is 16.2. The number of carbonyl (C=O) groups is 1. The van der Waals surface area contributed by atoms with Gasteiger partial charge < -0.3 is 9.64 Å². The third kappa shape index (κ3) is 5.36. The molecule has 0 unspecified atom stereocenters. The largest absolute Gasteiger partial charge is 0.489 e. The molecule has 0 heterocycles. The molecule has 150 valence electrons. The Morgan fingerprint density at radius 1 is 0.931 bits per heavy atom. The smallest absolute Gasteiger partial charge is 0.261 e. The van der Waals surface area contributed by atoms with Crippen LogP contribution in [0.3, 0.4) is 0 Å². The van der Waals surface area contributed by atoms with Crippen molar-refractivity contribution < 1.29 is 17.9 Å². The Kier molecular flexibility index (Phi) is 6.19. The summed E-state index contributed by atoms with van der Waals surface area (Å²) < 4.78 is 33.4. The van der Waals surface area contributed by atoms with Crippen LogP contribution in [0.2, 0.25) is 0 Å². The summed E-state index contributed by atoms with van der Waals surface area (Å²) >= 11 is 0. The lowest BCUT2D eigenvalue weighted by atomic mass is 10.2. The lowest BCUT2D eigenvalue weighted by Gasteiger charge is -2.15. The molecule has 3 aromatic rings. The maximum atomic E-state index is 12.6. The van der Waals surface area contributed by atoms with Gasteiger partial charge in [-0.2, -0.15) is 0 Å². The Balaban J connectivity index is 1.64. The van der Waals surface area contributed by atoms with Gasteiger partial charge in [0.1, 0.15) is 12.4 Å². The molecule has 0 saturated heterocycles. The van der Waals surface area contributed by atoms with Gasteiger partial charge in [0.15, 0.2) is 0 Å². The Bertz CT molecular complexity index is 1060. The molecule has 0 aliphatic carbocycles. The quantitative estimate of drug-likeness (QED) is 0.638. The summed E-state index contributed by atoms with van der Waals surface area (Å²) in [5.41, 5.74) is 2.11. The maximum absolute atomic E-state index is 12.6. The summed E-state index contributed by atoms with van der Waals surface area (Å²) in [4.78, 5) is 13.0. The monoisotopic (exact) mass is 410 g/mol. The van der Waals surface area contributed by atoms with E-state index in [0.717, 1.165) is 5.56 Å². The van der Waals surface area contributed by atoms with Crippen LogP contribution in [0.25, 0.3) is 0 Å². The van der Waals surface area contributed by atoms with Gasteiger partial charge in [-0.3, -0.25) is 9.52 Å². The second-order valence-electron chi connectivity index (χ2n) is 6.48. The first-order valence-corrected chi connectivity index (χ1v) is 10.5. The van der Waals surface area contributed by atoms with E-state index >= 15 is 0 Å². The molecule has 0 saturated carbocycles. The third-order valence-corrected chi connectivity index (χ3v) is 5.76. The molecule has 1 N–H and O–H groups in total. The molecule has 6 nitrogen and oxygen atoms in total. The van der Waals surface area contributed by atoms with Crippen LogP contribution >= 0.6 is 0 Å². The normalized spacial score (nSPS) is 11.0. The van der Waals surface area contributed by atoms with Crippen molar-refractivity contribution in [3.8, 4) is 5.75 Å². The highest BCUT2D eigenvalue weighted by Gasteiger charge is 2.15. The standard InChI is InChI=1S/C22H22N2O4S/c1-17(25)24(2)20-10-14-22(15-11-20)29(26,27)23-19-8-12-21(13-9-19)28-16-18-6-4-3-5-7-18/h3-15,23H,16H2,1-2H3. The molecular weight excluding hydrogens is 388 g/mol. The lowest BCUT2D eigenvalue weighted by Crippen LogP contribution is -2.22.